The van der Waals surface area contributed by atoms with E-state index >= 15 is 0 Å². The molecule has 1 atom stereocenters. The summed E-state index contributed by atoms with van der Waals surface area (Å²) in [7, 11) is 0. The topological polar surface area (TPSA) is 41.5 Å². The van der Waals surface area contributed by atoms with E-state index in [0.717, 1.165) is 0 Å². The van der Waals surface area contributed by atoms with Crippen LogP contribution in [0, 0.1) is 0 Å². The van der Waals surface area contributed by atoms with Crippen molar-refractivity contribution in [3.63, 3.8) is 0 Å². The van der Waals surface area contributed by atoms with Crippen molar-refractivity contribution < 1.29 is 9.84 Å². The highest BCUT2D eigenvalue weighted by Gasteiger charge is 2.13. The molecule has 1 aromatic rings. The lowest BCUT2D eigenvalue weighted by Crippen LogP contribution is -2.38. The van der Waals surface area contributed by atoms with Gasteiger partial charge in [-0.25, -0.2) is 0 Å². The minimum Gasteiger partial charge on any atom is -0.489 e. The van der Waals surface area contributed by atoms with Gasteiger partial charge in [-0.3, -0.25) is 0 Å². The monoisotopic (exact) mass is 345 g/mol. The molecule has 0 aliphatic heterocycles. The summed E-state index contributed by atoms with van der Waals surface area (Å²) in [4.78, 5) is 0. The van der Waals surface area contributed by atoms with Crippen LogP contribution in [0.5, 0.6) is 5.75 Å². The van der Waals surface area contributed by atoms with Gasteiger partial charge in [-0.2, -0.15) is 0 Å². The Bertz CT molecular complexity index is 448. The van der Waals surface area contributed by atoms with Gasteiger partial charge < -0.3 is 15.2 Å². The third-order valence-electron chi connectivity index (χ3n) is 4.07. The maximum atomic E-state index is 10.1. The number of aliphatic hydroxyl groups is 1. The van der Waals surface area contributed by atoms with Gasteiger partial charge in [0.15, 0.2) is 0 Å². The predicted molar refractivity (Wildman–Crippen MR) is 92.1 cm³/mol. The molecule has 0 heterocycles. The Labute approximate surface area is 143 Å². The molecule has 1 aromatic carbocycles. The quantitative estimate of drug-likeness (QED) is 0.800. The van der Waals surface area contributed by atoms with Crippen LogP contribution in [0.15, 0.2) is 18.2 Å². The Kier molecular flexibility index (Phi) is 7.81. The molecule has 22 heavy (non-hydrogen) atoms. The first-order valence-corrected chi connectivity index (χ1v) is 8.90. The summed E-state index contributed by atoms with van der Waals surface area (Å²) in [5, 5.41) is 14.6. The number of hydrogen-bond donors (Lipinski definition) is 2. The fraction of sp³-hybridized carbons (Fsp3) is 0.647. The Morgan fingerprint density at radius 3 is 2.50 bits per heavy atom. The van der Waals surface area contributed by atoms with E-state index < -0.39 is 6.10 Å². The standard InChI is InChI=1S/C17H25Cl2NO2/c18-13-8-9-17(16(19)10-13)22-12-15(21)11-20-14-6-4-2-1-3-5-7-14/h8-10,14-15,20-21H,1-7,11-12H2/t15-/m0/s1. The zero-order valence-corrected chi connectivity index (χ0v) is 14.4. The molecule has 0 aromatic heterocycles. The molecule has 1 fully saturated rings. The van der Waals surface area contributed by atoms with Crippen molar-refractivity contribution in [2.75, 3.05) is 13.2 Å². The number of ether oxygens (including phenoxy) is 1. The van der Waals surface area contributed by atoms with E-state index in [4.69, 9.17) is 27.9 Å². The van der Waals surface area contributed by atoms with Crippen LogP contribution in [0.3, 0.4) is 0 Å². The van der Waals surface area contributed by atoms with Crippen LogP contribution < -0.4 is 10.1 Å². The smallest absolute Gasteiger partial charge is 0.138 e. The summed E-state index contributed by atoms with van der Waals surface area (Å²) < 4.78 is 5.56. The summed E-state index contributed by atoms with van der Waals surface area (Å²) in [5.74, 6) is 0.552. The normalized spacial score (nSPS) is 18.5. The summed E-state index contributed by atoms with van der Waals surface area (Å²) in [6.07, 6.45) is 8.46. The van der Waals surface area contributed by atoms with E-state index in [1.807, 2.05) is 0 Å². The molecule has 2 N–H and O–H groups in total. The third kappa shape index (κ3) is 6.33. The van der Waals surface area contributed by atoms with E-state index in [1.54, 1.807) is 18.2 Å². The van der Waals surface area contributed by atoms with Crippen LogP contribution in [0.1, 0.15) is 44.9 Å². The molecule has 0 spiro atoms. The van der Waals surface area contributed by atoms with Crippen molar-refractivity contribution >= 4 is 23.2 Å². The van der Waals surface area contributed by atoms with Crippen LogP contribution in [0.25, 0.3) is 0 Å². The lowest BCUT2D eigenvalue weighted by molar-refractivity contribution is 0.102. The second-order valence-electron chi connectivity index (χ2n) is 5.99. The van der Waals surface area contributed by atoms with Gasteiger partial charge in [-0.15, -0.1) is 0 Å². The minimum absolute atomic E-state index is 0.223. The molecular formula is C17H25Cl2NO2. The van der Waals surface area contributed by atoms with Gasteiger partial charge in [-0.1, -0.05) is 55.3 Å². The first-order chi connectivity index (χ1) is 10.6. The first-order valence-electron chi connectivity index (χ1n) is 8.14. The molecule has 0 unspecified atom stereocenters. The summed E-state index contributed by atoms with van der Waals surface area (Å²) in [6.45, 7) is 0.775. The molecule has 0 radical (unpaired) electrons. The molecule has 0 bridgehead atoms. The summed E-state index contributed by atoms with van der Waals surface area (Å²) in [6, 6.07) is 5.60. The van der Waals surface area contributed by atoms with Crippen molar-refractivity contribution in [3.8, 4) is 5.75 Å². The van der Waals surface area contributed by atoms with Crippen molar-refractivity contribution in [3.05, 3.63) is 28.2 Å². The van der Waals surface area contributed by atoms with E-state index in [2.05, 4.69) is 5.32 Å². The van der Waals surface area contributed by atoms with Crippen molar-refractivity contribution in [1.82, 2.24) is 5.32 Å². The molecule has 1 aliphatic rings. The largest absolute Gasteiger partial charge is 0.489 e. The molecule has 1 aliphatic carbocycles. The van der Waals surface area contributed by atoms with Crippen molar-refractivity contribution in [2.45, 2.75) is 57.1 Å². The molecule has 5 heteroatoms. The SMILES string of the molecule is O[C@@H](CNC1CCCCCCC1)COc1ccc(Cl)cc1Cl. The average Bonchev–Trinajstić information content (AvgIpc) is 2.45. The van der Waals surface area contributed by atoms with Gasteiger partial charge in [-0.05, 0) is 31.0 Å². The fourth-order valence-corrected chi connectivity index (χ4v) is 3.26. The second-order valence-corrected chi connectivity index (χ2v) is 6.83. The predicted octanol–water partition coefficient (Wildman–Crippen LogP) is 4.44. The maximum Gasteiger partial charge on any atom is 0.138 e. The minimum atomic E-state index is -0.544. The molecule has 1 saturated carbocycles. The number of rotatable bonds is 6. The van der Waals surface area contributed by atoms with Gasteiger partial charge in [0.25, 0.3) is 0 Å². The van der Waals surface area contributed by atoms with E-state index in [1.165, 1.54) is 44.9 Å². The number of hydrogen-bond acceptors (Lipinski definition) is 3. The number of aliphatic hydroxyl groups excluding tert-OH is 1. The molecule has 124 valence electrons. The van der Waals surface area contributed by atoms with Gasteiger partial charge in [0.2, 0.25) is 0 Å². The van der Waals surface area contributed by atoms with Gasteiger partial charge in [0.05, 0.1) is 5.02 Å². The van der Waals surface area contributed by atoms with Gasteiger partial charge in [0, 0.05) is 17.6 Å². The zero-order chi connectivity index (χ0) is 15.8. The summed E-state index contributed by atoms with van der Waals surface area (Å²) in [5.41, 5.74) is 0. The van der Waals surface area contributed by atoms with E-state index in [0.29, 0.717) is 28.4 Å². The number of nitrogens with one attached hydrogen (secondary N) is 1. The first kappa shape index (κ1) is 17.9. The zero-order valence-electron chi connectivity index (χ0n) is 12.9. The van der Waals surface area contributed by atoms with Crippen LogP contribution in [-0.4, -0.2) is 30.4 Å². The van der Waals surface area contributed by atoms with Gasteiger partial charge >= 0.3 is 0 Å². The lowest BCUT2D eigenvalue weighted by Gasteiger charge is -2.23. The van der Waals surface area contributed by atoms with Crippen LogP contribution >= 0.6 is 23.2 Å². The Hall–Kier alpha value is -0.480. The number of benzene rings is 1. The maximum absolute atomic E-state index is 10.1. The van der Waals surface area contributed by atoms with Crippen LogP contribution in [-0.2, 0) is 0 Å². The van der Waals surface area contributed by atoms with Crippen molar-refractivity contribution in [1.29, 1.82) is 0 Å². The lowest BCUT2D eigenvalue weighted by atomic mass is 9.96. The highest BCUT2D eigenvalue weighted by molar-refractivity contribution is 6.35. The molecular weight excluding hydrogens is 321 g/mol. The fourth-order valence-electron chi connectivity index (χ4n) is 2.80. The third-order valence-corrected chi connectivity index (χ3v) is 4.60. The molecule has 0 saturated heterocycles. The average molecular weight is 346 g/mol. The van der Waals surface area contributed by atoms with Crippen molar-refractivity contribution in [2.24, 2.45) is 0 Å². The van der Waals surface area contributed by atoms with Gasteiger partial charge in [0.1, 0.15) is 18.5 Å². The second kappa shape index (κ2) is 9.61. The Morgan fingerprint density at radius 1 is 1.14 bits per heavy atom. The van der Waals surface area contributed by atoms with Crippen LogP contribution in [0.4, 0.5) is 0 Å². The molecule has 2 rings (SSSR count). The van der Waals surface area contributed by atoms with Crippen LogP contribution in [0.2, 0.25) is 10.0 Å². The Balaban J connectivity index is 1.69. The highest BCUT2D eigenvalue weighted by atomic mass is 35.5. The Morgan fingerprint density at radius 2 is 1.82 bits per heavy atom. The highest BCUT2D eigenvalue weighted by Crippen LogP contribution is 2.27. The van der Waals surface area contributed by atoms with E-state index in [9.17, 15) is 5.11 Å². The molecule has 0 amide bonds. The van der Waals surface area contributed by atoms with E-state index in [-0.39, 0.29) is 6.61 Å². The molecule has 3 nitrogen and oxygen atoms in total. The summed E-state index contributed by atoms with van der Waals surface area (Å²) >= 11 is 11.9. The number of halogens is 2.